The Bertz CT molecular complexity index is 454. The number of hydrogen-bond acceptors (Lipinski definition) is 1. The van der Waals surface area contributed by atoms with E-state index < -0.39 is 5.97 Å². The molecule has 1 aromatic carbocycles. The van der Waals surface area contributed by atoms with Crippen LogP contribution in [0.2, 0.25) is 0 Å². The smallest absolute Gasteiger partial charge is 0.328 e. The van der Waals surface area contributed by atoms with E-state index in [-0.39, 0.29) is 0 Å². The van der Waals surface area contributed by atoms with Crippen LogP contribution in [0.25, 0.3) is 5.57 Å². The van der Waals surface area contributed by atoms with E-state index in [0.717, 1.165) is 24.0 Å². The average Bonchev–Trinajstić information content (AvgIpc) is 2.37. The van der Waals surface area contributed by atoms with Gasteiger partial charge in [0.2, 0.25) is 0 Å². The van der Waals surface area contributed by atoms with Crippen molar-refractivity contribution < 1.29 is 9.90 Å². The molecule has 1 N–H and O–H groups in total. The Morgan fingerprint density at radius 1 is 1.28 bits per heavy atom. The number of benzene rings is 1. The molecule has 0 bridgehead atoms. The van der Waals surface area contributed by atoms with Crippen molar-refractivity contribution in [3.8, 4) is 0 Å². The predicted octanol–water partition coefficient (Wildman–Crippen LogP) is 4.04. The van der Waals surface area contributed by atoms with Gasteiger partial charge in [-0.05, 0) is 36.8 Å². The SMILES string of the molecule is Cc1cccc(/C(=C/C(=O)O)C2CCCCC2)c1. The average molecular weight is 244 g/mol. The van der Waals surface area contributed by atoms with Crippen LogP contribution >= 0.6 is 0 Å². The summed E-state index contributed by atoms with van der Waals surface area (Å²) in [6.45, 7) is 2.04. The monoisotopic (exact) mass is 244 g/mol. The maximum absolute atomic E-state index is 11.0. The van der Waals surface area contributed by atoms with Crippen LogP contribution in [-0.4, -0.2) is 11.1 Å². The maximum atomic E-state index is 11.0. The third-order valence-corrected chi connectivity index (χ3v) is 3.68. The zero-order valence-corrected chi connectivity index (χ0v) is 10.9. The first-order valence-corrected chi connectivity index (χ1v) is 6.68. The molecule has 0 aliphatic heterocycles. The van der Waals surface area contributed by atoms with Gasteiger partial charge < -0.3 is 5.11 Å². The van der Waals surface area contributed by atoms with Gasteiger partial charge in [0.1, 0.15) is 0 Å². The second-order valence-corrected chi connectivity index (χ2v) is 5.14. The van der Waals surface area contributed by atoms with Gasteiger partial charge in [-0.3, -0.25) is 0 Å². The van der Waals surface area contributed by atoms with Crippen molar-refractivity contribution in [2.75, 3.05) is 0 Å². The number of hydrogen-bond donors (Lipinski definition) is 1. The number of carbonyl (C=O) groups is 1. The Hall–Kier alpha value is -1.57. The van der Waals surface area contributed by atoms with Crippen LogP contribution in [0.5, 0.6) is 0 Å². The van der Waals surface area contributed by atoms with Crippen molar-refractivity contribution in [1.82, 2.24) is 0 Å². The topological polar surface area (TPSA) is 37.3 Å². The van der Waals surface area contributed by atoms with E-state index in [1.807, 2.05) is 25.1 Å². The number of rotatable bonds is 3. The van der Waals surface area contributed by atoms with Crippen LogP contribution in [-0.2, 0) is 4.79 Å². The number of allylic oxidation sites excluding steroid dienone is 1. The Labute approximate surface area is 108 Å². The van der Waals surface area contributed by atoms with Crippen molar-refractivity contribution in [2.45, 2.75) is 39.0 Å². The molecule has 18 heavy (non-hydrogen) atoms. The molecule has 0 amide bonds. The van der Waals surface area contributed by atoms with E-state index in [1.165, 1.54) is 30.9 Å². The van der Waals surface area contributed by atoms with Crippen LogP contribution in [0.15, 0.2) is 30.3 Å². The van der Waals surface area contributed by atoms with Crippen molar-refractivity contribution in [3.05, 3.63) is 41.5 Å². The van der Waals surface area contributed by atoms with Crippen molar-refractivity contribution in [2.24, 2.45) is 5.92 Å². The highest BCUT2D eigenvalue weighted by Gasteiger charge is 2.20. The van der Waals surface area contributed by atoms with E-state index in [0.29, 0.717) is 5.92 Å². The second kappa shape index (κ2) is 5.85. The zero-order chi connectivity index (χ0) is 13.0. The molecule has 2 rings (SSSR count). The first-order chi connectivity index (χ1) is 8.66. The van der Waals surface area contributed by atoms with Gasteiger partial charge >= 0.3 is 5.97 Å². The highest BCUT2D eigenvalue weighted by molar-refractivity contribution is 5.90. The largest absolute Gasteiger partial charge is 0.478 e. The maximum Gasteiger partial charge on any atom is 0.328 e. The van der Waals surface area contributed by atoms with Crippen molar-refractivity contribution in [3.63, 3.8) is 0 Å². The number of aryl methyl sites for hydroxylation is 1. The highest BCUT2D eigenvalue weighted by Crippen LogP contribution is 2.35. The quantitative estimate of drug-likeness (QED) is 0.815. The lowest BCUT2D eigenvalue weighted by Crippen LogP contribution is -2.10. The van der Waals surface area contributed by atoms with Gasteiger partial charge in [-0.25, -0.2) is 4.79 Å². The molecule has 0 unspecified atom stereocenters. The normalized spacial score (nSPS) is 17.7. The Balaban J connectivity index is 2.33. The summed E-state index contributed by atoms with van der Waals surface area (Å²) >= 11 is 0. The predicted molar refractivity (Wildman–Crippen MR) is 73.4 cm³/mol. The molecule has 0 saturated heterocycles. The molecule has 0 radical (unpaired) electrons. The Morgan fingerprint density at radius 3 is 2.61 bits per heavy atom. The van der Waals surface area contributed by atoms with E-state index in [4.69, 9.17) is 5.11 Å². The summed E-state index contributed by atoms with van der Waals surface area (Å²) in [6, 6.07) is 8.16. The highest BCUT2D eigenvalue weighted by atomic mass is 16.4. The van der Waals surface area contributed by atoms with E-state index in [9.17, 15) is 4.79 Å². The molecule has 96 valence electrons. The van der Waals surface area contributed by atoms with Gasteiger partial charge in [-0.1, -0.05) is 49.1 Å². The van der Waals surface area contributed by atoms with Gasteiger partial charge in [0, 0.05) is 6.08 Å². The standard InChI is InChI=1S/C16H20O2/c1-12-6-5-9-14(10-12)15(11-16(17)18)13-7-3-2-4-8-13/h5-6,9-11,13H,2-4,7-8H2,1H3,(H,17,18)/b15-11+. The molecule has 0 aromatic heterocycles. The fraction of sp³-hybridized carbons (Fsp3) is 0.438. The summed E-state index contributed by atoms with van der Waals surface area (Å²) in [7, 11) is 0. The van der Waals surface area contributed by atoms with E-state index >= 15 is 0 Å². The summed E-state index contributed by atoms with van der Waals surface area (Å²) in [4.78, 5) is 11.0. The van der Waals surface area contributed by atoms with Gasteiger partial charge in [-0.15, -0.1) is 0 Å². The minimum absolute atomic E-state index is 0.414. The molecular formula is C16H20O2. The molecule has 1 saturated carbocycles. The Morgan fingerprint density at radius 2 is 2.00 bits per heavy atom. The van der Waals surface area contributed by atoms with Gasteiger partial charge in [-0.2, -0.15) is 0 Å². The fourth-order valence-corrected chi connectivity index (χ4v) is 2.81. The molecule has 1 fully saturated rings. The minimum atomic E-state index is -0.836. The molecule has 2 nitrogen and oxygen atoms in total. The van der Waals surface area contributed by atoms with Crippen LogP contribution in [0.1, 0.15) is 43.2 Å². The number of aliphatic carboxylic acids is 1. The Kier molecular flexibility index (Phi) is 4.19. The molecule has 0 heterocycles. The van der Waals surface area contributed by atoms with Crippen molar-refractivity contribution >= 4 is 11.5 Å². The number of carboxylic acids is 1. The van der Waals surface area contributed by atoms with Crippen LogP contribution < -0.4 is 0 Å². The lowest BCUT2D eigenvalue weighted by atomic mass is 9.80. The van der Waals surface area contributed by atoms with Gasteiger partial charge in [0.05, 0.1) is 0 Å². The molecule has 1 aromatic rings. The van der Waals surface area contributed by atoms with Crippen LogP contribution in [0.3, 0.4) is 0 Å². The minimum Gasteiger partial charge on any atom is -0.478 e. The van der Waals surface area contributed by atoms with Gasteiger partial charge in [0.25, 0.3) is 0 Å². The molecule has 1 aliphatic rings. The summed E-state index contributed by atoms with van der Waals surface area (Å²) in [6.07, 6.45) is 7.36. The molecular weight excluding hydrogens is 224 g/mol. The first-order valence-electron chi connectivity index (χ1n) is 6.68. The zero-order valence-electron chi connectivity index (χ0n) is 10.9. The molecule has 1 aliphatic carbocycles. The summed E-state index contributed by atoms with van der Waals surface area (Å²) in [5.74, 6) is -0.422. The second-order valence-electron chi connectivity index (χ2n) is 5.14. The molecule has 2 heteroatoms. The van der Waals surface area contributed by atoms with Gasteiger partial charge in [0.15, 0.2) is 0 Å². The third kappa shape index (κ3) is 3.22. The summed E-state index contributed by atoms with van der Waals surface area (Å²) in [5.41, 5.74) is 3.26. The van der Waals surface area contributed by atoms with E-state index in [2.05, 4.69) is 6.07 Å². The lowest BCUT2D eigenvalue weighted by Gasteiger charge is -2.24. The van der Waals surface area contributed by atoms with E-state index in [1.54, 1.807) is 0 Å². The fourth-order valence-electron chi connectivity index (χ4n) is 2.81. The van der Waals surface area contributed by atoms with Crippen molar-refractivity contribution in [1.29, 1.82) is 0 Å². The first kappa shape index (κ1) is 12.9. The summed E-state index contributed by atoms with van der Waals surface area (Å²) in [5, 5.41) is 9.07. The molecule has 0 spiro atoms. The molecule has 0 atom stereocenters. The third-order valence-electron chi connectivity index (χ3n) is 3.68. The number of carboxylic acid groups (broad SMARTS) is 1. The summed E-state index contributed by atoms with van der Waals surface area (Å²) < 4.78 is 0. The van der Waals surface area contributed by atoms with Crippen LogP contribution in [0, 0.1) is 12.8 Å². The van der Waals surface area contributed by atoms with Crippen LogP contribution in [0.4, 0.5) is 0 Å². The lowest BCUT2D eigenvalue weighted by molar-refractivity contribution is -0.131.